The maximum Gasteiger partial charge on any atom is 0.179 e. The van der Waals surface area contributed by atoms with Crippen LogP contribution in [0.25, 0.3) is 28.0 Å². The van der Waals surface area contributed by atoms with Gasteiger partial charge in [0.05, 0.1) is 17.7 Å². The van der Waals surface area contributed by atoms with Crippen LogP contribution < -0.4 is 5.73 Å². The number of nitrogens with zero attached hydrogens (tertiary/aromatic N) is 5. The molecule has 4 rings (SSSR count). The minimum Gasteiger partial charge on any atom is -0.397 e. The molecule has 0 aliphatic heterocycles. The summed E-state index contributed by atoms with van der Waals surface area (Å²) in [6, 6.07) is 3.62. The third-order valence-corrected chi connectivity index (χ3v) is 3.03. The maximum atomic E-state index is 5.89. The highest BCUT2D eigenvalue weighted by Crippen LogP contribution is 2.23. The monoisotopic (exact) mass is 251 g/mol. The second kappa shape index (κ2) is 3.52. The largest absolute Gasteiger partial charge is 0.397 e. The molecule has 0 spiro atoms. The summed E-state index contributed by atoms with van der Waals surface area (Å²) in [4.78, 5) is 20.0. The van der Waals surface area contributed by atoms with Gasteiger partial charge in [-0.05, 0) is 12.1 Å². The predicted molar refractivity (Wildman–Crippen MR) is 70.7 cm³/mol. The quantitative estimate of drug-likeness (QED) is 0.531. The molecule has 19 heavy (non-hydrogen) atoms. The number of aromatic amines is 1. The standard InChI is InChI=1S/C12H9N7/c13-7-1-3-15-12-9(7)18-6-19(12)8-2-4-14-11-10(8)16-5-17-11/h1-6H,(H2,13,15)(H,14,16,17). The fraction of sp³-hybridized carbons (Fsp3) is 0. The molecule has 0 aliphatic rings. The molecule has 92 valence electrons. The number of imidazole rings is 2. The Morgan fingerprint density at radius 3 is 2.89 bits per heavy atom. The fourth-order valence-electron chi connectivity index (χ4n) is 2.15. The zero-order chi connectivity index (χ0) is 12.8. The van der Waals surface area contributed by atoms with E-state index in [-0.39, 0.29) is 0 Å². The first kappa shape index (κ1) is 10.0. The number of fused-ring (bicyclic) bond motifs is 2. The van der Waals surface area contributed by atoms with Crippen LogP contribution in [0.3, 0.4) is 0 Å². The summed E-state index contributed by atoms with van der Waals surface area (Å²) in [5.41, 5.74) is 10.3. The molecule has 0 unspecified atom stereocenters. The Morgan fingerprint density at radius 1 is 1.05 bits per heavy atom. The zero-order valence-corrected chi connectivity index (χ0v) is 9.78. The van der Waals surface area contributed by atoms with E-state index < -0.39 is 0 Å². The summed E-state index contributed by atoms with van der Waals surface area (Å²) in [6.07, 6.45) is 6.68. The molecule has 7 nitrogen and oxygen atoms in total. The highest BCUT2D eigenvalue weighted by Gasteiger charge is 2.11. The van der Waals surface area contributed by atoms with E-state index in [2.05, 4.69) is 24.9 Å². The lowest BCUT2D eigenvalue weighted by Crippen LogP contribution is -1.96. The Balaban J connectivity index is 2.10. The third kappa shape index (κ3) is 1.32. The van der Waals surface area contributed by atoms with E-state index in [1.165, 1.54) is 0 Å². The molecule has 0 aliphatic carbocycles. The molecule has 0 saturated heterocycles. The minimum absolute atomic E-state index is 0.610. The summed E-state index contributed by atoms with van der Waals surface area (Å²) < 4.78 is 1.87. The van der Waals surface area contributed by atoms with Crippen molar-refractivity contribution in [3.8, 4) is 5.69 Å². The predicted octanol–water partition coefficient (Wildman–Crippen LogP) is 1.27. The van der Waals surface area contributed by atoms with Crippen molar-refractivity contribution in [2.75, 3.05) is 5.73 Å². The van der Waals surface area contributed by atoms with Crippen molar-refractivity contribution >= 4 is 28.0 Å². The highest BCUT2D eigenvalue weighted by molar-refractivity contribution is 5.88. The molecule has 7 heteroatoms. The van der Waals surface area contributed by atoms with Crippen LogP contribution in [0.15, 0.2) is 37.2 Å². The van der Waals surface area contributed by atoms with E-state index >= 15 is 0 Å². The van der Waals surface area contributed by atoms with Crippen LogP contribution in [0, 0.1) is 0 Å². The van der Waals surface area contributed by atoms with E-state index in [1.807, 2.05) is 10.6 Å². The van der Waals surface area contributed by atoms with Crippen molar-refractivity contribution in [2.45, 2.75) is 0 Å². The molecule has 0 radical (unpaired) electrons. The topological polar surface area (TPSA) is 98.3 Å². The zero-order valence-electron chi connectivity index (χ0n) is 9.78. The smallest absolute Gasteiger partial charge is 0.179 e. The number of nitrogen functional groups attached to an aromatic ring is 1. The van der Waals surface area contributed by atoms with Gasteiger partial charge >= 0.3 is 0 Å². The van der Waals surface area contributed by atoms with Gasteiger partial charge < -0.3 is 10.7 Å². The first-order valence-electron chi connectivity index (χ1n) is 5.70. The lowest BCUT2D eigenvalue weighted by molar-refractivity contribution is 1.07. The number of nitrogens with two attached hydrogens (primary N) is 1. The van der Waals surface area contributed by atoms with Gasteiger partial charge in [0.15, 0.2) is 11.3 Å². The average molecular weight is 251 g/mol. The summed E-state index contributed by atoms with van der Waals surface area (Å²) >= 11 is 0. The number of rotatable bonds is 1. The molecule has 4 heterocycles. The molecule has 4 aromatic rings. The lowest BCUT2D eigenvalue weighted by atomic mass is 10.3. The van der Waals surface area contributed by atoms with Gasteiger partial charge in [-0.1, -0.05) is 0 Å². The summed E-state index contributed by atoms with van der Waals surface area (Å²) in [7, 11) is 0. The van der Waals surface area contributed by atoms with Crippen LogP contribution in [0.2, 0.25) is 0 Å². The number of hydrogen-bond donors (Lipinski definition) is 2. The molecular formula is C12H9N7. The Kier molecular flexibility index (Phi) is 1.85. The number of H-pyrrole nitrogens is 1. The molecule has 3 N–H and O–H groups in total. The molecule has 0 bridgehead atoms. The molecule has 0 amide bonds. The van der Waals surface area contributed by atoms with E-state index in [4.69, 9.17) is 5.73 Å². The first-order valence-corrected chi connectivity index (χ1v) is 5.70. The van der Waals surface area contributed by atoms with E-state index in [0.29, 0.717) is 22.5 Å². The van der Waals surface area contributed by atoms with Crippen molar-refractivity contribution in [1.29, 1.82) is 0 Å². The van der Waals surface area contributed by atoms with Gasteiger partial charge in [-0.3, -0.25) is 4.57 Å². The second-order valence-corrected chi connectivity index (χ2v) is 4.12. The normalized spacial score (nSPS) is 11.4. The molecule has 0 saturated carbocycles. The van der Waals surface area contributed by atoms with Gasteiger partial charge in [0.1, 0.15) is 17.4 Å². The second-order valence-electron chi connectivity index (χ2n) is 4.12. The molecule has 4 aromatic heterocycles. The van der Waals surface area contributed by atoms with Gasteiger partial charge in [0.25, 0.3) is 0 Å². The van der Waals surface area contributed by atoms with Crippen molar-refractivity contribution < 1.29 is 0 Å². The number of aromatic nitrogens is 6. The molecule has 0 atom stereocenters. The first-order chi connectivity index (χ1) is 9.34. The Morgan fingerprint density at radius 2 is 1.95 bits per heavy atom. The molecule has 0 fully saturated rings. The lowest BCUT2D eigenvalue weighted by Gasteiger charge is -2.04. The number of pyridine rings is 2. The Bertz CT molecular complexity index is 889. The Hall–Kier alpha value is -2.96. The van der Waals surface area contributed by atoms with Gasteiger partial charge in [-0.2, -0.15) is 0 Å². The van der Waals surface area contributed by atoms with Crippen LogP contribution in [-0.4, -0.2) is 29.5 Å². The third-order valence-electron chi connectivity index (χ3n) is 3.03. The number of hydrogen-bond acceptors (Lipinski definition) is 5. The number of nitrogens with one attached hydrogen (secondary N) is 1. The average Bonchev–Trinajstić information content (AvgIpc) is 3.05. The summed E-state index contributed by atoms with van der Waals surface area (Å²) in [5.74, 6) is 0. The van der Waals surface area contributed by atoms with E-state index in [1.54, 1.807) is 31.1 Å². The summed E-state index contributed by atoms with van der Waals surface area (Å²) in [6.45, 7) is 0. The maximum absolute atomic E-state index is 5.89. The molecule has 0 aromatic carbocycles. The van der Waals surface area contributed by atoms with Crippen molar-refractivity contribution in [3.05, 3.63) is 37.2 Å². The summed E-state index contributed by atoms with van der Waals surface area (Å²) in [5, 5.41) is 0. The minimum atomic E-state index is 0.610. The van der Waals surface area contributed by atoms with Crippen LogP contribution in [0.1, 0.15) is 0 Å². The van der Waals surface area contributed by atoms with E-state index in [0.717, 1.165) is 11.2 Å². The van der Waals surface area contributed by atoms with Crippen LogP contribution in [-0.2, 0) is 0 Å². The van der Waals surface area contributed by atoms with Gasteiger partial charge in [-0.25, -0.2) is 19.9 Å². The molecular weight excluding hydrogens is 242 g/mol. The fourth-order valence-corrected chi connectivity index (χ4v) is 2.15. The van der Waals surface area contributed by atoms with Gasteiger partial charge in [0, 0.05) is 12.4 Å². The van der Waals surface area contributed by atoms with Gasteiger partial charge in [0.2, 0.25) is 0 Å². The van der Waals surface area contributed by atoms with Crippen LogP contribution in [0.5, 0.6) is 0 Å². The Labute approximate surface area is 107 Å². The van der Waals surface area contributed by atoms with Crippen molar-refractivity contribution in [2.24, 2.45) is 0 Å². The van der Waals surface area contributed by atoms with Crippen molar-refractivity contribution in [1.82, 2.24) is 29.5 Å². The van der Waals surface area contributed by atoms with Gasteiger partial charge in [-0.15, -0.1) is 0 Å². The van der Waals surface area contributed by atoms with Crippen LogP contribution >= 0.6 is 0 Å². The van der Waals surface area contributed by atoms with E-state index in [9.17, 15) is 0 Å². The SMILES string of the molecule is Nc1ccnc2c1ncn2-c1ccnc2nc[nH]c12. The van der Waals surface area contributed by atoms with Crippen molar-refractivity contribution in [3.63, 3.8) is 0 Å². The number of anilines is 1. The highest BCUT2D eigenvalue weighted by atomic mass is 15.1. The van der Waals surface area contributed by atoms with Crippen LogP contribution in [0.4, 0.5) is 5.69 Å².